The Labute approximate surface area is 154 Å². The Balaban J connectivity index is 1.50. The predicted molar refractivity (Wildman–Crippen MR) is 92.1 cm³/mol. The Hall–Kier alpha value is -2.97. The van der Waals surface area contributed by atoms with Crippen molar-refractivity contribution in [3.05, 3.63) is 42.0 Å². The smallest absolute Gasteiger partial charge is 0.413 e. The Kier molecular flexibility index (Phi) is 4.29. The number of hydrogen-bond acceptors (Lipinski definition) is 6. The molecule has 0 aliphatic carbocycles. The van der Waals surface area contributed by atoms with Crippen molar-refractivity contribution < 1.29 is 23.0 Å². The Morgan fingerprint density at radius 1 is 1.41 bits per heavy atom. The summed E-state index contributed by atoms with van der Waals surface area (Å²) in [6.07, 6.45) is 0.0799. The van der Waals surface area contributed by atoms with Crippen LogP contribution in [-0.4, -0.2) is 40.9 Å². The number of carbonyl (C=O) groups is 1. The molecule has 27 heavy (non-hydrogen) atoms. The maximum absolute atomic E-state index is 14.2. The normalized spacial score (nSPS) is 24.2. The number of ether oxygens (including phenoxy) is 2. The SMILES string of the molecule is C[C@@]1(COc2ncc3c(n2)CNC(=O)O3)C[C@@H](F)CN1c1ccc(F)cc1. The number of carbonyl (C=O) groups excluding carboxylic acids is 1. The highest BCUT2D eigenvalue weighted by atomic mass is 19.1. The number of nitrogens with one attached hydrogen (secondary N) is 1. The van der Waals surface area contributed by atoms with Gasteiger partial charge in [-0.2, -0.15) is 9.97 Å². The lowest BCUT2D eigenvalue weighted by Gasteiger charge is -2.36. The number of anilines is 1. The van der Waals surface area contributed by atoms with Crippen molar-refractivity contribution in [3.8, 4) is 11.8 Å². The van der Waals surface area contributed by atoms with Crippen LogP contribution in [0, 0.1) is 5.82 Å². The Bertz CT molecular complexity index is 864. The second-order valence-electron chi connectivity index (χ2n) is 6.88. The lowest BCUT2D eigenvalue weighted by molar-refractivity contribution is 0.189. The van der Waals surface area contributed by atoms with Crippen LogP contribution < -0.4 is 19.7 Å². The molecule has 0 radical (unpaired) electrons. The number of aromatic nitrogens is 2. The highest BCUT2D eigenvalue weighted by Crippen LogP contribution is 2.36. The minimum atomic E-state index is -1.02. The zero-order valence-electron chi connectivity index (χ0n) is 14.6. The highest BCUT2D eigenvalue weighted by molar-refractivity contribution is 5.72. The summed E-state index contributed by atoms with van der Waals surface area (Å²) in [5, 5.41) is 2.51. The number of alkyl halides is 1. The van der Waals surface area contributed by atoms with Crippen LogP contribution in [0.2, 0.25) is 0 Å². The van der Waals surface area contributed by atoms with E-state index in [-0.39, 0.29) is 43.7 Å². The van der Waals surface area contributed by atoms with E-state index in [4.69, 9.17) is 9.47 Å². The fourth-order valence-electron chi connectivity index (χ4n) is 3.43. The van der Waals surface area contributed by atoms with Gasteiger partial charge in [0.15, 0.2) is 5.75 Å². The second-order valence-corrected chi connectivity index (χ2v) is 6.88. The predicted octanol–water partition coefficient (Wildman–Crippen LogP) is 2.60. The first-order valence-electron chi connectivity index (χ1n) is 8.55. The topological polar surface area (TPSA) is 76.6 Å². The van der Waals surface area contributed by atoms with Crippen LogP contribution in [0.15, 0.2) is 30.5 Å². The summed E-state index contributed by atoms with van der Waals surface area (Å²) in [5.74, 6) is -0.0561. The molecule has 1 aromatic carbocycles. The minimum absolute atomic E-state index is 0.121. The molecule has 1 saturated heterocycles. The molecule has 2 atom stereocenters. The molecule has 3 heterocycles. The third-order valence-electron chi connectivity index (χ3n) is 4.75. The van der Waals surface area contributed by atoms with Crippen molar-refractivity contribution in [2.24, 2.45) is 0 Å². The maximum Gasteiger partial charge on any atom is 0.413 e. The molecule has 7 nitrogen and oxygen atoms in total. The van der Waals surface area contributed by atoms with E-state index in [0.717, 1.165) is 5.69 Å². The van der Waals surface area contributed by atoms with Crippen LogP contribution in [0.4, 0.5) is 19.3 Å². The van der Waals surface area contributed by atoms with Crippen molar-refractivity contribution in [1.29, 1.82) is 0 Å². The third-order valence-corrected chi connectivity index (χ3v) is 4.75. The van der Waals surface area contributed by atoms with Gasteiger partial charge in [-0.25, -0.2) is 13.6 Å². The quantitative estimate of drug-likeness (QED) is 0.884. The summed E-state index contributed by atoms with van der Waals surface area (Å²) >= 11 is 0. The van der Waals surface area contributed by atoms with Crippen molar-refractivity contribution in [2.45, 2.75) is 31.6 Å². The molecule has 2 aliphatic rings. The molecule has 9 heteroatoms. The van der Waals surface area contributed by atoms with Crippen LogP contribution >= 0.6 is 0 Å². The van der Waals surface area contributed by atoms with Gasteiger partial charge < -0.3 is 19.7 Å². The average molecular weight is 376 g/mol. The van der Waals surface area contributed by atoms with Gasteiger partial charge >= 0.3 is 12.1 Å². The molecule has 0 spiro atoms. The number of amides is 1. The van der Waals surface area contributed by atoms with Crippen molar-refractivity contribution >= 4 is 11.8 Å². The average Bonchev–Trinajstić information content (AvgIpc) is 2.95. The molecule has 1 fully saturated rings. The second kappa shape index (κ2) is 6.64. The molecule has 0 bridgehead atoms. The first kappa shape index (κ1) is 17.4. The summed E-state index contributed by atoms with van der Waals surface area (Å²) < 4.78 is 38.1. The number of fused-ring (bicyclic) bond motifs is 1. The summed E-state index contributed by atoms with van der Waals surface area (Å²) in [6.45, 7) is 2.46. The van der Waals surface area contributed by atoms with Gasteiger partial charge in [0.05, 0.1) is 18.3 Å². The standard InChI is InChI=1S/C18H18F2N4O3/c1-18(6-12(20)9-24(18)13-4-2-11(19)3-5-13)10-26-16-21-8-15-14(23-16)7-22-17(25)27-15/h2-5,8,12H,6-7,9-10H2,1H3,(H,22,25)/t12-,18+/m1/s1. The van der Waals surface area contributed by atoms with E-state index in [0.29, 0.717) is 5.69 Å². The molecular weight excluding hydrogens is 358 g/mol. The largest absolute Gasteiger partial charge is 0.461 e. The lowest BCUT2D eigenvalue weighted by Crippen LogP contribution is -2.46. The van der Waals surface area contributed by atoms with Gasteiger partial charge in [0.2, 0.25) is 0 Å². The summed E-state index contributed by atoms with van der Waals surface area (Å²) in [4.78, 5) is 21.3. The van der Waals surface area contributed by atoms with E-state index >= 15 is 0 Å². The van der Waals surface area contributed by atoms with Crippen LogP contribution in [0.25, 0.3) is 0 Å². The number of nitrogens with zero attached hydrogens (tertiary/aromatic N) is 3. The lowest BCUT2D eigenvalue weighted by atomic mass is 9.99. The molecule has 142 valence electrons. The first-order chi connectivity index (χ1) is 12.9. The van der Waals surface area contributed by atoms with Crippen molar-refractivity contribution in [3.63, 3.8) is 0 Å². The van der Waals surface area contributed by atoms with Crippen LogP contribution in [-0.2, 0) is 6.54 Å². The Morgan fingerprint density at radius 3 is 2.96 bits per heavy atom. The van der Waals surface area contributed by atoms with E-state index in [2.05, 4.69) is 15.3 Å². The first-order valence-corrected chi connectivity index (χ1v) is 8.55. The number of benzene rings is 1. The zero-order chi connectivity index (χ0) is 19.0. The molecule has 2 aromatic rings. The summed E-state index contributed by atoms with van der Waals surface area (Å²) in [5.41, 5.74) is 0.598. The number of rotatable bonds is 4. The van der Waals surface area contributed by atoms with E-state index in [1.165, 1.54) is 18.3 Å². The molecule has 2 aliphatic heterocycles. The van der Waals surface area contributed by atoms with E-state index in [1.54, 1.807) is 12.1 Å². The monoisotopic (exact) mass is 376 g/mol. The van der Waals surface area contributed by atoms with Crippen LogP contribution in [0.1, 0.15) is 19.0 Å². The highest BCUT2D eigenvalue weighted by Gasteiger charge is 2.43. The molecular formula is C18H18F2N4O3. The number of hydrogen-bond donors (Lipinski definition) is 1. The van der Waals surface area contributed by atoms with E-state index in [1.807, 2.05) is 11.8 Å². The van der Waals surface area contributed by atoms with Gasteiger partial charge in [0, 0.05) is 18.7 Å². The van der Waals surface area contributed by atoms with Gasteiger partial charge in [0.1, 0.15) is 24.3 Å². The van der Waals surface area contributed by atoms with Crippen molar-refractivity contribution in [2.75, 3.05) is 18.1 Å². The third kappa shape index (κ3) is 3.49. The molecule has 0 unspecified atom stereocenters. The molecule has 1 N–H and O–H groups in total. The molecule has 0 saturated carbocycles. The zero-order valence-corrected chi connectivity index (χ0v) is 14.6. The minimum Gasteiger partial charge on any atom is -0.461 e. The summed E-state index contributed by atoms with van der Waals surface area (Å²) in [7, 11) is 0. The molecule has 1 aromatic heterocycles. The van der Waals surface area contributed by atoms with E-state index < -0.39 is 17.8 Å². The van der Waals surface area contributed by atoms with Gasteiger partial charge in [-0.3, -0.25) is 0 Å². The maximum atomic E-state index is 14.2. The van der Waals surface area contributed by atoms with Crippen LogP contribution in [0.3, 0.4) is 0 Å². The Morgan fingerprint density at radius 2 is 2.19 bits per heavy atom. The molecule has 4 rings (SSSR count). The van der Waals surface area contributed by atoms with Gasteiger partial charge in [-0.05, 0) is 31.2 Å². The molecule has 1 amide bonds. The van der Waals surface area contributed by atoms with Gasteiger partial charge in [-0.15, -0.1) is 0 Å². The van der Waals surface area contributed by atoms with Crippen LogP contribution in [0.5, 0.6) is 11.8 Å². The fourth-order valence-corrected chi connectivity index (χ4v) is 3.43. The van der Waals surface area contributed by atoms with Gasteiger partial charge in [-0.1, -0.05) is 0 Å². The number of halogens is 2. The van der Waals surface area contributed by atoms with Crippen molar-refractivity contribution in [1.82, 2.24) is 15.3 Å². The van der Waals surface area contributed by atoms with E-state index in [9.17, 15) is 13.6 Å². The fraction of sp³-hybridized carbons (Fsp3) is 0.389. The summed E-state index contributed by atoms with van der Waals surface area (Å²) in [6, 6.07) is 6.07. The van der Waals surface area contributed by atoms with Gasteiger partial charge in [0.25, 0.3) is 0 Å².